The maximum Gasteiger partial charge on any atom is 0.237 e. The molecule has 3 rings (SSSR count). The fourth-order valence-corrected chi connectivity index (χ4v) is 1.54. The summed E-state index contributed by atoms with van der Waals surface area (Å²) >= 11 is 0. The summed E-state index contributed by atoms with van der Waals surface area (Å²) in [4.78, 5) is 7.99. The Kier molecular flexibility index (Phi) is 2.70. The number of hydrogen-bond donors (Lipinski definition) is 1. The molecule has 92 valence electrons. The number of benzene rings is 1. The average molecular weight is 246 g/mol. The van der Waals surface area contributed by atoms with Gasteiger partial charge in [0.05, 0.1) is 24.7 Å². The Bertz CT molecular complexity index is 557. The Morgan fingerprint density at radius 3 is 2.83 bits per heavy atom. The Morgan fingerprint density at radius 1 is 1.17 bits per heavy atom. The van der Waals surface area contributed by atoms with E-state index in [4.69, 9.17) is 19.3 Å². The molecule has 0 bridgehead atoms. The molecule has 0 saturated heterocycles. The molecule has 0 spiro atoms. The highest BCUT2D eigenvalue weighted by atomic mass is 16.7. The molecule has 2 heterocycles. The van der Waals surface area contributed by atoms with Gasteiger partial charge in [0.25, 0.3) is 0 Å². The number of rotatable bonds is 3. The van der Waals surface area contributed by atoms with Gasteiger partial charge in [0.15, 0.2) is 11.5 Å². The third kappa shape index (κ3) is 2.05. The maximum atomic E-state index is 8.85. The van der Waals surface area contributed by atoms with Crippen LogP contribution in [-0.4, -0.2) is 21.9 Å². The van der Waals surface area contributed by atoms with Gasteiger partial charge in [0.1, 0.15) is 5.75 Å². The van der Waals surface area contributed by atoms with E-state index in [0.717, 1.165) is 0 Å². The van der Waals surface area contributed by atoms with Gasteiger partial charge in [-0.15, -0.1) is 0 Å². The van der Waals surface area contributed by atoms with Crippen molar-refractivity contribution in [3.63, 3.8) is 0 Å². The van der Waals surface area contributed by atoms with E-state index in [1.807, 2.05) is 0 Å². The van der Waals surface area contributed by atoms with E-state index >= 15 is 0 Å². The first-order valence-electron chi connectivity index (χ1n) is 5.34. The van der Waals surface area contributed by atoms with Gasteiger partial charge in [-0.05, 0) is 12.1 Å². The lowest BCUT2D eigenvalue weighted by atomic mass is 10.3. The second kappa shape index (κ2) is 4.50. The number of fused-ring (bicyclic) bond motifs is 1. The maximum absolute atomic E-state index is 8.85. The van der Waals surface area contributed by atoms with Crippen LogP contribution in [-0.2, 0) is 6.61 Å². The molecule has 18 heavy (non-hydrogen) atoms. The minimum absolute atomic E-state index is 0.142. The first-order valence-corrected chi connectivity index (χ1v) is 5.34. The Morgan fingerprint density at radius 2 is 2.06 bits per heavy atom. The third-order valence-electron chi connectivity index (χ3n) is 2.41. The summed E-state index contributed by atoms with van der Waals surface area (Å²) in [6.45, 7) is 0.0844. The van der Waals surface area contributed by atoms with Gasteiger partial charge in [-0.1, -0.05) is 0 Å². The molecule has 0 amide bonds. The second-order valence-electron chi connectivity index (χ2n) is 3.62. The van der Waals surface area contributed by atoms with Crippen molar-refractivity contribution in [2.24, 2.45) is 0 Å². The van der Waals surface area contributed by atoms with Crippen LogP contribution in [0.1, 0.15) is 5.69 Å². The Hall–Kier alpha value is -2.34. The van der Waals surface area contributed by atoms with Crippen LogP contribution in [0.5, 0.6) is 23.1 Å². The van der Waals surface area contributed by atoms with E-state index in [0.29, 0.717) is 28.8 Å². The van der Waals surface area contributed by atoms with Crippen LogP contribution >= 0.6 is 0 Å². The zero-order chi connectivity index (χ0) is 12.4. The Balaban J connectivity index is 1.79. The van der Waals surface area contributed by atoms with Crippen molar-refractivity contribution in [3.8, 4) is 23.1 Å². The lowest BCUT2D eigenvalue weighted by Gasteiger charge is -2.05. The lowest BCUT2D eigenvalue weighted by molar-refractivity contribution is 0.174. The van der Waals surface area contributed by atoms with E-state index in [1.165, 1.54) is 12.4 Å². The smallest absolute Gasteiger partial charge is 0.237 e. The number of ether oxygens (including phenoxy) is 3. The fraction of sp³-hybridized carbons (Fsp3) is 0.167. The summed E-state index contributed by atoms with van der Waals surface area (Å²) in [6, 6.07) is 5.26. The molecule has 1 aliphatic heterocycles. The van der Waals surface area contributed by atoms with Crippen LogP contribution in [0.3, 0.4) is 0 Å². The quantitative estimate of drug-likeness (QED) is 0.884. The van der Waals surface area contributed by atoms with Crippen LogP contribution in [0.4, 0.5) is 0 Å². The highest BCUT2D eigenvalue weighted by Gasteiger charge is 2.14. The van der Waals surface area contributed by atoms with Crippen LogP contribution in [0.15, 0.2) is 30.6 Å². The highest BCUT2D eigenvalue weighted by Crippen LogP contribution is 2.36. The predicted octanol–water partition coefficient (Wildman–Crippen LogP) is 1.49. The number of hydrogen-bond acceptors (Lipinski definition) is 6. The van der Waals surface area contributed by atoms with Gasteiger partial charge in [-0.25, -0.2) is 4.98 Å². The average Bonchev–Trinajstić information content (AvgIpc) is 2.87. The highest BCUT2D eigenvalue weighted by molar-refractivity contribution is 5.47. The molecule has 1 aliphatic rings. The van der Waals surface area contributed by atoms with E-state index < -0.39 is 0 Å². The summed E-state index contributed by atoms with van der Waals surface area (Å²) in [5.74, 6) is 2.29. The van der Waals surface area contributed by atoms with Gasteiger partial charge in [-0.2, -0.15) is 0 Å². The third-order valence-corrected chi connectivity index (χ3v) is 2.41. The molecule has 6 heteroatoms. The minimum atomic E-state index is -0.142. The molecule has 0 atom stereocenters. The molecule has 1 aromatic carbocycles. The largest absolute Gasteiger partial charge is 0.454 e. The molecule has 0 fully saturated rings. The first-order chi connectivity index (χ1) is 8.85. The van der Waals surface area contributed by atoms with Gasteiger partial charge in [-0.3, -0.25) is 4.98 Å². The summed E-state index contributed by atoms with van der Waals surface area (Å²) in [5.41, 5.74) is 0.494. The minimum Gasteiger partial charge on any atom is -0.454 e. The number of aromatic nitrogens is 2. The number of nitrogens with zero attached hydrogens (tertiary/aromatic N) is 2. The molecular weight excluding hydrogens is 236 g/mol. The van der Waals surface area contributed by atoms with Crippen LogP contribution in [0.2, 0.25) is 0 Å². The molecular formula is C12H10N2O4. The van der Waals surface area contributed by atoms with Gasteiger partial charge < -0.3 is 19.3 Å². The number of aliphatic hydroxyl groups is 1. The van der Waals surface area contributed by atoms with Gasteiger partial charge in [0, 0.05) is 6.07 Å². The predicted molar refractivity (Wildman–Crippen MR) is 60.6 cm³/mol. The summed E-state index contributed by atoms with van der Waals surface area (Å²) < 4.78 is 16.0. The van der Waals surface area contributed by atoms with E-state index in [9.17, 15) is 0 Å². The van der Waals surface area contributed by atoms with Crippen molar-refractivity contribution >= 4 is 0 Å². The van der Waals surface area contributed by atoms with Crippen LogP contribution < -0.4 is 14.2 Å². The normalized spacial score (nSPS) is 12.5. The molecule has 0 unspecified atom stereocenters. The van der Waals surface area contributed by atoms with Crippen LogP contribution in [0, 0.1) is 0 Å². The van der Waals surface area contributed by atoms with Crippen molar-refractivity contribution < 1.29 is 19.3 Å². The van der Waals surface area contributed by atoms with E-state index in [-0.39, 0.29) is 13.4 Å². The lowest BCUT2D eigenvalue weighted by Crippen LogP contribution is -1.94. The zero-order valence-corrected chi connectivity index (χ0v) is 9.37. The molecule has 0 aliphatic carbocycles. The van der Waals surface area contributed by atoms with Gasteiger partial charge in [0.2, 0.25) is 12.7 Å². The summed E-state index contributed by atoms with van der Waals surface area (Å²) in [7, 11) is 0. The van der Waals surface area contributed by atoms with Crippen molar-refractivity contribution in [1.29, 1.82) is 0 Å². The monoisotopic (exact) mass is 246 g/mol. The zero-order valence-electron chi connectivity index (χ0n) is 9.37. The standard InChI is InChI=1S/C12H10N2O4/c15-6-8-4-14-12(5-13-8)18-9-1-2-10-11(3-9)17-7-16-10/h1-5,15H,6-7H2. The second-order valence-corrected chi connectivity index (χ2v) is 3.62. The summed E-state index contributed by atoms with van der Waals surface area (Å²) in [5, 5.41) is 8.85. The molecule has 0 saturated carbocycles. The molecule has 0 radical (unpaired) electrons. The molecule has 1 aromatic heterocycles. The topological polar surface area (TPSA) is 73.7 Å². The van der Waals surface area contributed by atoms with E-state index in [2.05, 4.69) is 9.97 Å². The van der Waals surface area contributed by atoms with E-state index in [1.54, 1.807) is 18.2 Å². The SMILES string of the molecule is OCc1cnc(Oc2ccc3c(c2)OCO3)cn1. The summed E-state index contributed by atoms with van der Waals surface area (Å²) in [6.07, 6.45) is 2.92. The molecule has 2 aromatic rings. The van der Waals surface area contributed by atoms with Gasteiger partial charge >= 0.3 is 0 Å². The Labute approximate surface area is 103 Å². The molecule has 1 N–H and O–H groups in total. The van der Waals surface area contributed by atoms with Crippen molar-refractivity contribution in [1.82, 2.24) is 9.97 Å². The van der Waals surface area contributed by atoms with Crippen molar-refractivity contribution in [2.75, 3.05) is 6.79 Å². The first kappa shape index (κ1) is 10.8. The van der Waals surface area contributed by atoms with Crippen molar-refractivity contribution in [3.05, 3.63) is 36.3 Å². The molecule has 6 nitrogen and oxygen atoms in total. The van der Waals surface area contributed by atoms with Crippen LogP contribution in [0.25, 0.3) is 0 Å². The fourth-order valence-electron chi connectivity index (χ4n) is 1.54. The van der Waals surface area contributed by atoms with Crippen molar-refractivity contribution in [2.45, 2.75) is 6.61 Å². The number of aliphatic hydroxyl groups excluding tert-OH is 1.